The maximum Gasteiger partial charge on any atom is 0.265 e. The highest BCUT2D eigenvalue weighted by molar-refractivity contribution is 7.93. The van der Waals surface area contributed by atoms with E-state index in [4.69, 9.17) is 21.1 Å². The molecule has 164 valence electrons. The standard InChI is InChI=1S/C20H19ClN2O6S2/c1-28-17-8-4-3-7-16(17)23-31(26,27)20-13-14(11-12-15(20)21)22-30(24,25)19-10-6-5-9-18(19)29-2/h3-13,22-23H,1-2H3. The molecule has 0 aliphatic heterocycles. The molecule has 3 rings (SSSR count). The summed E-state index contributed by atoms with van der Waals surface area (Å²) in [7, 11) is -5.45. The monoisotopic (exact) mass is 482 g/mol. The number of para-hydroxylation sites is 3. The van der Waals surface area contributed by atoms with Crippen LogP contribution in [0.4, 0.5) is 11.4 Å². The predicted molar refractivity (Wildman–Crippen MR) is 119 cm³/mol. The molecule has 0 aromatic heterocycles. The predicted octanol–water partition coefficient (Wildman–Crippen LogP) is 3.96. The molecule has 3 aromatic carbocycles. The molecule has 0 aliphatic carbocycles. The lowest BCUT2D eigenvalue weighted by molar-refractivity contribution is 0.403. The smallest absolute Gasteiger partial charge is 0.265 e. The van der Waals surface area contributed by atoms with Crippen LogP contribution in [-0.2, 0) is 20.0 Å². The number of hydrogen-bond donors (Lipinski definition) is 2. The number of sulfonamides is 2. The van der Waals surface area contributed by atoms with Gasteiger partial charge in [-0.1, -0.05) is 35.9 Å². The summed E-state index contributed by atoms with van der Waals surface area (Å²) in [5.41, 5.74) is 0.219. The van der Waals surface area contributed by atoms with E-state index in [1.54, 1.807) is 30.3 Å². The van der Waals surface area contributed by atoms with Crippen molar-refractivity contribution in [1.29, 1.82) is 0 Å². The van der Waals surface area contributed by atoms with Gasteiger partial charge in [-0.25, -0.2) is 16.8 Å². The Morgan fingerprint density at radius 2 is 1.29 bits per heavy atom. The fourth-order valence-corrected chi connectivity index (χ4v) is 5.57. The fourth-order valence-electron chi connectivity index (χ4n) is 2.75. The first kappa shape index (κ1) is 22.7. The molecule has 0 heterocycles. The molecular weight excluding hydrogens is 464 g/mol. The third kappa shape index (κ3) is 5.04. The molecule has 3 aromatic rings. The Balaban J connectivity index is 1.96. The minimum atomic E-state index is -4.15. The second-order valence-electron chi connectivity index (χ2n) is 6.21. The Kier molecular flexibility index (Phi) is 6.63. The van der Waals surface area contributed by atoms with Gasteiger partial charge in [0, 0.05) is 0 Å². The third-order valence-electron chi connectivity index (χ3n) is 4.18. The van der Waals surface area contributed by atoms with Crippen molar-refractivity contribution in [2.45, 2.75) is 9.79 Å². The van der Waals surface area contributed by atoms with Gasteiger partial charge in [0.1, 0.15) is 21.3 Å². The molecule has 11 heteroatoms. The SMILES string of the molecule is COc1ccccc1NS(=O)(=O)c1cc(NS(=O)(=O)c2ccccc2OC)ccc1Cl. The number of ether oxygens (including phenoxy) is 2. The molecule has 8 nitrogen and oxygen atoms in total. The van der Waals surface area contributed by atoms with E-state index in [2.05, 4.69) is 9.44 Å². The van der Waals surface area contributed by atoms with Crippen LogP contribution in [0.1, 0.15) is 0 Å². The molecule has 0 bridgehead atoms. The van der Waals surface area contributed by atoms with Gasteiger partial charge in [-0.3, -0.25) is 9.44 Å². The van der Waals surface area contributed by atoms with Crippen LogP contribution in [0, 0.1) is 0 Å². The van der Waals surface area contributed by atoms with Gasteiger partial charge >= 0.3 is 0 Å². The lowest BCUT2D eigenvalue weighted by Crippen LogP contribution is -2.16. The molecule has 0 amide bonds. The van der Waals surface area contributed by atoms with Crippen molar-refractivity contribution < 1.29 is 26.3 Å². The second-order valence-corrected chi connectivity index (χ2v) is 9.92. The number of benzene rings is 3. The Morgan fingerprint density at radius 3 is 1.97 bits per heavy atom. The summed E-state index contributed by atoms with van der Waals surface area (Å²) in [6.07, 6.45) is 0. The number of anilines is 2. The molecule has 0 fully saturated rings. The molecule has 0 radical (unpaired) electrons. The molecule has 2 N–H and O–H groups in total. The molecule has 0 saturated heterocycles. The molecule has 0 spiro atoms. The minimum Gasteiger partial charge on any atom is -0.495 e. The van der Waals surface area contributed by atoms with Crippen LogP contribution in [0.3, 0.4) is 0 Å². The highest BCUT2D eigenvalue weighted by atomic mass is 35.5. The van der Waals surface area contributed by atoms with Gasteiger partial charge in [-0.05, 0) is 42.5 Å². The first-order chi connectivity index (χ1) is 14.7. The summed E-state index contributed by atoms with van der Waals surface area (Å²) in [5, 5.41) is -0.0809. The summed E-state index contributed by atoms with van der Waals surface area (Å²) in [5.74, 6) is 0.463. The number of hydrogen-bond acceptors (Lipinski definition) is 6. The van der Waals surface area contributed by atoms with Gasteiger partial charge in [0.2, 0.25) is 0 Å². The van der Waals surface area contributed by atoms with Crippen molar-refractivity contribution in [1.82, 2.24) is 0 Å². The lowest BCUT2D eigenvalue weighted by Gasteiger charge is -2.15. The minimum absolute atomic E-state index is 0.00991. The van der Waals surface area contributed by atoms with E-state index in [0.29, 0.717) is 5.75 Å². The second kappa shape index (κ2) is 9.04. The molecule has 0 unspecified atom stereocenters. The molecule has 0 atom stereocenters. The number of methoxy groups -OCH3 is 2. The van der Waals surface area contributed by atoms with Crippen LogP contribution in [0.5, 0.6) is 11.5 Å². The van der Waals surface area contributed by atoms with E-state index in [1.165, 1.54) is 44.6 Å². The van der Waals surface area contributed by atoms with Crippen molar-refractivity contribution in [3.05, 3.63) is 71.8 Å². The zero-order valence-corrected chi connectivity index (χ0v) is 18.9. The fraction of sp³-hybridized carbons (Fsp3) is 0.100. The van der Waals surface area contributed by atoms with Crippen LogP contribution >= 0.6 is 11.6 Å². The van der Waals surface area contributed by atoms with Gasteiger partial charge < -0.3 is 9.47 Å². The summed E-state index contributed by atoms with van der Waals surface area (Å²) in [6.45, 7) is 0. The zero-order valence-electron chi connectivity index (χ0n) is 16.5. The van der Waals surface area contributed by atoms with Gasteiger partial charge in [-0.2, -0.15) is 0 Å². The van der Waals surface area contributed by atoms with Gasteiger partial charge in [0.05, 0.1) is 30.6 Å². The molecule has 31 heavy (non-hydrogen) atoms. The summed E-state index contributed by atoms with van der Waals surface area (Å²) in [6, 6.07) is 16.3. The third-order valence-corrected chi connectivity index (χ3v) is 7.45. The van der Waals surface area contributed by atoms with E-state index in [1.807, 2.05) is 0 Å². The number of nitrogens with one attached hydrogen (secondary N) is 2. The van der Waals surface area contributed by atoms with Crippen molar-refractivity contribution in [2.75, 3.05) is 23.7 Å². The summed E-state index contributed by atoms with van der Waals surface area (Å²) in [4.78, 5) is -0.399. The Bertz CT molecular complexity index is 1310. The summed E-state index contributed by atoms with van der Waals surface area (Å²) >= 11 is 6.11. The first-order valence-electron chi connectivity index (χ1n) is 8.79. The quantitative estimate of drug-likeness (QED) is 0.502. The van der Waals surface area contributed by atoms with Gasteiger partial charge in [-0.15, -0.1) is 0 Å². The van der Waals surface area contributed by atoms with E-state index >= 15 is 0 Å². The Hall–Kier alpha value is -2.95. The summed E-state index contributed by atoms with van der Waals surface area (Å²) < 4.78 is 66.5. The highest BCUT2D eigenvalue weighted by Crippen LogP contribution is 2.32. The van der Waals surface area contributed by atoms with E-state index in [0.717, 1.165) is 6.07 Å². The van der Waals surface area contributed by atoms with Crippen LogP contribution in [0.2, 0.25) is 5.02 Å². The van der Waals surface area contributed by atoms with Crippen molar-refractivity contribution >= 4 is 43.0 Å². The largest absolute Gasteiger partial charge is 0.495 e. The topological polar surface area (TPSA) is 111 Å². The van der Waals surface area contributed by atoms with Crippen molar-refractivity contribution in [2.24, 2.45) is 0 Å². The lowest BCUT2D eigenvalue weighted by atomic mass is 10.3. The number of halogens is 1. The van der Waals surface area contributed by atoms with Gasteiger partial charge in [0.15, 0.2) is 0 Å². The van der Waals surface area contributed by atoms with Crippen LogP contribution in [-0.4, -0.2) is 31.1 Å². The van der Waals surface area contributed by atoms with Crippen molar-refractivity contribution in [3.63, 3.8) is 0 Å². The van der Waals surface area contributed by atoms with Crippen LogP contribution in [0.25, 0.3) is 0 Å². The molecule has 0 saturated carbocycles. The maximum absolute atomic E-state index is 12.9. The van der Waals surface area contributed by atoms with E-state index < -0.39 is 20.0 Å². The van der Waals surface area contributed by atoms with Crippen LogP contribution in [0.15, 0.2) is 76.5 Å². The average Bonchev–Trinajstić information content (AvgIpc) is 2.75. The first-order valence-corrected chi connectivity index (χ1v) is 12.1. The highest BCUT2D eigenvalue weighted by Gasteiger charge is 2.23. The maximum atomic E-state index is 12.9. The molecule has 0 aliphatic rings. The normalized spacial score (nSPS) is 11.6. The van der Waals surface area contributed by atoms with Crippen LogP contribution < -0.4 is 18.9 Å². The average molecular weight is 483 g/mol. The zero-order chi connectivity index (χ0) is 22.6. The van der Waals surface area contributed by atoms with E-state index in [9.17, 15) is 16.8 Å². The number of rotatable bonds is 8. The van der Waals surface area contributed by atoms with Crippen molar-refractivity contribution in [3.8, 4) is 11.5 Å². The Morgan fingerprint density at radius 1 is 0.710 bits per heavy atom. The van der Waals surface area contributed by atoms with E-state index in [-0.39, 0.29) is 31.9 Å². The molecular formula is C20H19ClN2O6S2. The van der Waals surface area contributed by atoms with Gasteiger partial charge in [0.25, 0.3) is 20.0 Å². The Labute approximate surface area is 185 Å².